The van der Waals surface area contributed by atoms with E-state index >= 15 is 0 Å². The van der Waals surface area contributed by atoms with Gasteiger partial charge in [-0.05, 0) is 43.3 Å². The Balaban J connectivity index is 1.49. The number of rotatable bonds is 6. The number of piperazine rings is 1. The molecule has 190 valence electrons. The molecule has 36 heavy (non-hydrogen) atoms. The Bertz CT molecular complexity index is 1250. The summed E-state index contributed by atoms with van der Waals surface area (Å²) in [4.78, 5) is 28.6. The van der Waals surface area contributed by atoms with Crippen molar-refractivity contribution in [1.82, 2.24) is 19.9 Å². The molecule has 3 aromatic rings. The highest BCUT2D eigenvalue weighted by molar-refractivity contribution is 5.94. The lowest BCUT2D eigenvalue weighted by Crippen LogP contribution is -2.49. The van der Waals surface area contributed by atoms with E-state index in [0.717, 1.165) is 24.3 Å². The fourth-order valence-electron chi connectivity index (χ4n) is 3.56. The van der Waals surface area contributed by atoms with Gasteiger partial charge in [0.1, 0.15) is 0 Å². The number of benzene rings is 2. The zero-order chi connectivity index (χ0) is 25.9. The maximum absolute atomic E-state index is 13.5. The van der Waals surface area contributed by atoms with Crippen molar-refractivity contribution in [2.24, 2.45) is 0 Å². The Morgan fingerprint density at radius 3 is 2.42 bits per heavy atom. The Kier molecular flexibility index (Phi) is 7.17. The predicted molar refractivity (Wildman–Crippen MR) is 120 cm³/mol. The number of aromatic nitrogens is 3. The van der Waals surface area contributed by atoms with Crippen molar-refractivity contribution in [3.63, 3.8) is 0 Å². The first-order chi connectivity index (χ1) is 17.1. The monoisotopic (exact) mass is 508 g/mol. The summed E-state index contributed by atoms with van der Waals surface area (Å²) in [6.07, 6.45) is -4.50. The van der Waals surface area contributed by atoms with Gasteiger partial charge in [-0.3, -0.25) is 4.79 Å². The summed E-state index contributed by atoms with van der Waals surface area (Å²) in [6.45, 7) is 3.12. The summed E-state index contributed by atoms with van der Waals surface area (Å²) in [5, 5.41) is 2.75. The molecule has 1 saturated heterocycles. The van der Waals surface area contributed by atoms with Gasteiger partial charge in [-0.2, -0.15) is 28.1 Å². The van der Waals surface area contributed by atoms with Crippen LogP contribution in [-0.4, -0.2) is 58.5 Å². The van der Waals surface area contributed by atoms with Crippen LogP contribution in [0.1, 0.15) is 22.8 Å². The predicted octanol–water partition coefficient (Wildman–Crippen LogP) is 4.27. The van der Waals surface area contributed by atoms with Crippen LogP contribution in [0.15, 0.2) is 42.5 Å². The van der Waals surface area contributed by atoms with Crippen molar-refractivity contribution in [3.8, 4) is 6.01 Å². The second-order valence-corrected chi connectivity index (χ2v) is 7.79. The molecule has 1 fully saturated rings. The van der Waals surface area contributed by atoms with Crippen LogP contribution < -0.4 is 15.0 Å². The van der Waals surface area contributed by atoms with E-state index in [0.29, 0.717) is 13.1 Å². The highest BCUT2D eigenvalue weighted by Gasteiger charge is 2.30. The molecule has 1 N–H and O–H groups in total. The molecule has 1 aliphatic rings. The van der Waals surface area contributed by atoms with E-state index in [-0.39, 0.29) is 48.9 Å². The summed E-state index contributed by atoms with van der Waals surface area (Å²) in [5.74, 6) is -2.38. The van der Waals surface area contributed by atoms with Crippen LogP contribution in [0.3, 0.4) is 0 Å². The van der Waals surface area contributed by atoms with Crippen LogP contribution in [0.25, 0.3) is 0 Å². The van der Waals surface area contributed by atoms with Crippen molar-refractivity contribution in [3.05, 3.63) is 65.2 Å². The molecule has 8 nitrogen and oxygen atoms in total. The molecule has 1 aromatic heterocycles. The number of halogens is 5. The van der Waals surface area contributed by atoms with Gasteiger partial charge in [-0.25, -0.2) is 8.78 Å². The Hall–Kier alpha value is -4.03. The third kappa shape index (κ3) is 5.78. The third-order valence-corrected chi connectivity index (χ3v) is 5.34. The highest BCUT2D eigenvalue weighted by atomic mass is 19.4. The van der Waals surface area contributed by atoms with E-state index in [1.54, 1.807) is 11.8 Å². The molecule has 0 bridgehead atoms. The number of ether oxygens (including phenoxy) is 1. The minimum absolute atomic E-state index is 0.0110. The lowest BCUT2D eigenvalue weighted by atomic mass is 10.1. The van der Waals surface area contributed by atoms with Crippen LogP contribution in [0.2, 0.25) is 0 Å². The zero-order valence-electron chi connectivity index (χ0n) is 19.0. The molecular weight excluding hydrogens is 487 g/mol. The number of carbonyl (C=O) groups excluding carboxylic acids is 1. The van der Waals surface area contributed by atoms with Crippen molar-refractivity contribution in [2.75, 3.05) is 43.0 Å². The van der Waals surface area contributed by atoms with Gasteiger partial charge in [0.2, 0.25) is 11.9 Å². The van der Waals surface area contributed by atoms with E-state index in [9.17, 15) is 26.7 Å². The topological polar surface area (TPSA) is 83.5 Å². The Morgan fingerprint density at radius 2 is 1.75 bits per heavy atom. The normalized spacial score (nSPS) is 14.1. The van der Waals surface area contributed by atoms with Crippen molar-refractivity contribution in [1.29, 1.82) is 0 Å². The molecule has 0 unspecified atom stereocenters. The van der Waals surface area contributed by atoms with Gasteiger partial charge < -0.3 is 19.9 Å². The van der Waals surface area contributed by atoms with Crippen LogP contribution in [0, 0.1) is 11.6 Å². The fourth-order valence-corrected chi connectivity index (χ4v) is 3.56. The minimum atomic E-state index is -4.50. The quantitative estimate of drug-likeness (QED) is 0.498. The second-order valence-electron chi connectivity index (χ2n) is 7.79. The van der Waals surface area contributed by atoms with Gasteiger partial charge >= 0.3 is 12.2 Å². The summed E-state index contributed by atoms with van der Waals surface area (Å²) in [5.41, 5.74) is -0.659. The molecule has 13 heteroatoms. The van der Waals surface area contributed by atoms with Crippen molar-refractivity contribution >= 4 is 23.5 Å². The third-order valence-electron chi connectivity index (χ3n) is 5.34. The smallest absolute Gasteiger partial charge is 0.416 e. The number of nitrogens with zero attached hydrogens (tertiary/aromatic N) is 5. The average Bonchev–Trinajstić information content (AvgIpc) is 2.85. The molecule has 0 atom stereocenters. The molecule has 1 amide bonds. The number of alkyl halides is 3. The Morgan fingerprint density at radius 1 is 1.00 bits per heavy atom. The maximum Gasteiger partial charge on any atom is 0.416 e. The SMILES string of the molecule is CCOc1nc(Nc2cccc(C(F)(F)F)c2)nc(N2CCN(C(=O)c3ccc(F)c(F)c3)CC2)n1. The molecule has 0 radical (unpaired) electrons. The molecule has 2 aromatic carbocycles. The van der Waals surface area contributed by atoms with Gasteiger partial charge in [-0.15, -0.1) is 0 Å². The average molecular weight is 508 g/mol. The number of carbonyl (C=O) groups is 1. The van der Waals surface area contributed by atoms with Crippen LogP contribution in [0.4, 0.5) is 39.5 Å². The van der Waals surface area contributed by atoms with E-state index in [2.05, 4.69) is 20.3 Å². The van der Waals surface area contributed by atoms with E-state index in [1.807, 2.05) is 0 Å². The van der Waals surface area contributed by atoms with E-state index < -0.39 is 29.3 Å². The summed E-state index contributed by atoms with van der Waals surface area (Å²) in [7, 11) is 0. The maximum atomic E-state index is 13.5. The van der Waals surface area contributed by atoms with Crippen molar-refractivity contribution in [2.45, 2.75) is 13.1 Å². The summed E-state index contributed by atoms with van der Waals surface area (Å²) < 4.78 is 71.2. The first-order valence-corrected chi connectivity index (χ1v) is 11.0. The molecule has 1 aliphatic heterocycles. The van der Waals surface area contributed by atoms with Gasteiger partial charge in [0.05, 0.1) is 12.2 Å². The van der Waals surface area contributed by atoms with Gasteiger partial charge in [0, 0.05) is 37.4 Å². The highest BCUT2D eigenvalue weighted by Crippen LogP contribution is 2.31. The lowest BCUT2D eigenvalue weighted by molar-refractivity contribution is -0.137. The number of amides is 1. The lowest BCUT2D eigenvalue weighted by Gasteiger charge is -2.34. The van der Waals surface area contributed by atoms with Crippen LogP contribution in [-0.2, 0) is 6.18 Å². The summed E-state index contributed by atoms with van der Waals surface area (Å²) >= 11 is 0. The first-order valence-electron chi connectivity index (χ1n) is 11.0. The second kappa shape index (κ2) is 10.3. The number of nitrogens with one attached hydrogen (secondary N) is 1. The molecule has 0 spiro atoms. The largest absolute Gasteiger partial charge is 0.464 e. The van der Waals surface area contributed by atoms with Crippen LogP contribution >= 0.6 is 0 Å². The van der Waals surface area contributed by atoms with Gasteiger partial charge in [-0.1, -0.05) is 6.07 Å². The number of anilines is 3. The standard InChI is InChI=1S/C23H21F5N6O2/c1-2-36-22-31-20(29-16-5-3-4-15(13-16)23(26,27)28)30-21(32-22)34-10-8-33(9-11-34)19(35)14-6-7-17(24)18(25)12-14/h3-7,12-13H,2,8-11H2,1H3,(H,29,30,31,32). The Labute approximate surface area is 202 Å². The van der Waals surface area contributed by atoms with Crippen LogP contribution in [0.5, 0.6) is 6.01 Å². The molecule has 0 saturated carbocycles. The number of hydrogen-bond acceptors (Lipinski definition) is 7. The fraction of sp³-hybridized carbons (Fsp3) is 0.304. The van der Waals surface area contributed by atoms with E-state index in [4.69, 9.17) is 4.74 Å². The first kappa shape index (κ1) is 25.1. The molecule has 2 heterocycles. The minimum Gasteiger partial charge on any atom is -0.464 e. The van der Waals surface area contributed by atoms with Gasteiger partial charge in [0.25, 0.3) is 5.91 Å². The zero-order valence-corrected chi connectivity index (χ0v) is 19.0. The van der Waals surface area contributed by atoms with Gasteiger partial charge in [0.15, 0.2) is 11.6 Å². The number of hydrogen-bond donors (Lipinski definition) is 1. The molecule has 4 rings (SSSR count). The summed E-state index contributed by atoms with van der Waals surface area (Å²) in [6, 6.07) is 7.56. The van der Waals surface area contributed by atoms with E-state index in [1.165, 1.54) is 23.1 Å². The van der Waals surface area contributed by atoms with Crippen molar-refractivity contribution < 1.29 is 31.5 Å². The molecule has 0 aliphatic carbocycles. The molecular formula is C23H21F5N6O2.